The van der Waals surface area contributed by atoms with E-state index in [-0.39, 0.29) is 28.2 Å². The van der Waals surface area contributed by atoms with Crippen LogP contribution in [0.25, 0.3) is 0 Å². The summed E-state index contributed by atoms with van der Waals surface area (Å²) in [5, 5.41) is 20.0. The Bertz CT molecular complexity index is 1050. The molecule has 0 saturated carbocycles. The number of nitrogens with two attached hydrogens (primary N) is 2. The number of benzene rings is 2. The molecule has 0 aliphatic heterocycles. The highest BCUT2D eigenvalue weighted by molar-refractivity contribution is 6.49. The van der Waals surface area contributed by atoms with Crippen molar-refractivity contribution < 1.29 is 18.4 Å². The highest BCUT2D eigenvalue weighted by Crippen LogP contribution is 2.25. The molecule has 0 bridgehead atoms. The smallest absolute Gasteiger partial charge is 0.261 e. The van der Waals surface area contributed by atoms with Gasteiger partial charge in [0.25, 0.3) is 5.91 Å². The van der Waals surface area contributed by atoms with Gasteiger partial charge >= 0.3 is 0 Å². The van der Waals surface area contributed by atoms with Crippen molar-refractivity contribution in [3.05, 3.63) is 64.9 Å². The molecule has 0 saturated heterocycles. The topological polar surface area (TPSA) is 158 Å². The van der Waals surface area contributed by atoms with Crippen molar-refractivity contribution >= 4 is 40.7 Å². The Balaban J connectivity index is 2.42. The van der Waals surface area contributed by atoms with Crippen LogP contribution in [0.3, 0.4) is 0 Å². The normalized spacial score (nSPS) is 10.6. The Kier molecular flexibility index (Phi) is 6.40. The zero-order valence-electron chi connectivity index (χ0n) is 15.3. The molecule has 8 N–H and O–H groups in total. The number of allylic oxidation sites excluding steroid dienone is 1. The molecule has 0 aromatic heterocycles. The molecule has 10 heteroatoms. The van der Waals surface area contributed by atoms with Crippen molar-refractivity contribution in [2.45, 2.75) is 0 Å². The molecule has 0 heterocycles. The minimum absolute atomic E-state index is 0.0116. The van der Waals surface area contributed by atoms with E-state index in [0.717, 1.165) is 18.3 Å². The van der Waals surface area contributed by atoms with E-state index >= 15 is 0 Å². The fourth-order valence-corrected chi connectivity index (χ4v) is 2.54. The van der Waals surface area contributed by atoms with E-state index in [1.165, 1.54) is 25.2 Å². The third-order valence-corrected chi connectivity index (χ3v) is 3.97. The number of nitrogens with one attached hydrogen (secondary N) is 4. The van der Waals surface area contributed by atoms with Gasteiger partial charge in [-0.2, -0.15) is 0 Å². The fraction of sp³-hybridized carbons (Fsp3) is 0.0526. The van der Waals surface area contributed by atoms with Crippen molar-refractivity contribution in [2.24, 2.45) is 5.73 Å². The molecule has 1 amide bonds. The number of amides is 1. The van der Waals surface area contributed by atoms with Crippen LogP contribution in [0.4, 0.5) is 25.8 Å². The van der Waals surface area contributed by atoms with Gasteiger partial charge in [0.15, 0.2) is 0 Å². The standard InChI is InChI=1S/C19H18F2N6O2/c1-26-14-7-12(20)16(17(21)11(14)8-23)19(29)27-9-2-3-13(24)10(6-9)18(25)15(28)4-5-22/h2-8,23,25-26H,22,24H2,1H3,(H,27,29). The van der Waals surface area contributed by atoms with E-state index in [2.05, 4.69) is 10.6 Å². The summed E-state index contributed by atoms with van der Waals surface area (Å²) in [6.07, 6.45) is 2.61. The molecular formula is C19H18F2N6O2. The zero-order chi connectivity index (χ0) is 21.7. The van der Waals surface area contributed by atoms with Gasteiger partial charge in [0.05, 0.1) is 5.56 Å². The van der Waals surface area contributed by atoms with Crippen LogP contribution in [0.5, 0.6) is 0 Å². The Labute approximate surface area is 164 Å². The van der Waals surface area contributed by atoms with Crippen LogP contribution in [0, 0.1) is 22.5 Å². The lowest BCUT2D eigenvalue weighted by Gasteiger charge is -2.13. The van der Waals surface area contributed by atoms with E-state index < -0.39 is 34.6 Å². The van der Waals surface area contributed by atoms with Crippen LogP contribution in [0.2, 0.25) is 0 Å². The minimum Gasteiger partial charge on any atom is -0.404 e. The Morgan fingerprint density at radius 3 is 2.48 bits per heavy atom. The van der Waals surface area contributed by atoms with Crippen LogP contribution < -0.4 is 22.1 Å². The van der Waals surface area contributed by atoms with Gasteiger partial charge in [0.2, 0.25) is 5.78 Å². The van der Waals surface area contributed by atoms with Crippen LogP contribution in [-0.4, -0.2) is 30.7 Å². The number of rotatable bonds is 7. The van der Waals surface area contributed by atoms with Crippen LogP contribution in [-0.2, 0) is 4.79 Å². The minimum atomic E-state index is -1.20. The maximum Gasteiger partial charge on any atom is 0.261 e. The number of nitrogen functional groups attached to an aromatic ring is 1. The molecule has 150 valence electrons. The molecule has 0 fully saturated rings. The molecule has 2 aromatic rings. The zero-order valence-corrected chi connectivity index (χ0v) is 15.3. The first-order valence-electron chi connectivity index (χ1n) is 8.17. The van der Waals surface area contributed by atoms with Gasteiger partial charge in [-0.15, -0.1) is 0 Å². The summed E-state index contributed by atoms with van der Waals surface area (Å²) in [5.41, 5.74) is 9.46. The maximum atomic E-state index is 14.6. The summed E-state index contributed by atoms with van der Waals surface area (Å²) in [6.45, 7) is 0. The lowest BCUT2D eigenvalue weighted by atomic mass is 10.0. The Hall–Kier alpha value is -4.08. The molecule has 0 atom stereocenters. The largest absolute Gasteiger partial charge is 0.404 e. The van der Waals surface area contributed by atoms with Gasteiger partial charge in [0.1, 0.15) is 22.9 Å². The summed E-state index contributed by atoms with van der Waals surface area (Å²) in [6, 6.07) is 4.81. The summed E-state index contributed by atoms with van der Waals surface area (Å²) >= 11 is 0. The number of halogens is 2. The quantitative estimate of drug-likeness (QED) is 0.239. The second kappa shape index (κ2) is 8.74. The lowest BCUT2D eigenvalue weighted by molar-refractivity contribution is -0.108. The average Bonchev–Trinajstić information content (AvgIpc) is 2.68. The summed E-state index contributed by atoms with van der Waals surface area (Å²) in [7, 11) is 1.42. The summed E-state index contributed by atoms with van der Waals surface area (Å²) in [5.74, 6) is -4.14. The Morgan fingerprint density at radius 2 is 1.90 bits per heavy atom. The highest BCUT2D eigenvalue weighted by Gasteiger charge is 2.23. The van der Waals surface area contributed by atoms with Gasteiger partial charge in [-0.3, -0.25) is 15.0 Å². The first kappa shape index (κ1) is 21.2. The van der Waals surface area contributed by atoms with Crippen molar-refractivity contribution in [1.82, 2.24) is 0 Å². The van der Waals surface area contributed by atoms with Crippen LogP contribution >= 0.6 is 0 Å². The van der Waals surface area contributed by atoms with Crippen molar-refractivity contribution in [1.29, 1.82) is 10.8 Å². The maximum absolute atomic E-state index is 14.6. The van der Waals surface area contributed by atoms with Gasteiger partial charge in [-0.25, -0.2) is 8.78 Å². The second-order valence-corrected chi connectivity index (χ2v) is 5.76. The molecule has 2 rings (SSSR count). The molecule has 0 aliphatic carbocycles. The third-order valence-electron chi connectivity index (χ3n) is 3.97. The van der Waals surface area contributed by atoms with Crippen molar-refractivity contribution in [2.75, 3.05) is 23.4 Å². The number of hydrogen-bond donors (Lipinski definition) is 6. The van der Waals surface area contributed by atoms with E-state index in [4.69, 9.17) is 22.3 Å². The molecule has 0 spiro atoms. The predicted molar refractivity (Wildman–Crippen MR) is 108 cm³/mol. The van der Waals surface area contributed by atoms with Gasteiger partial charge < -0.3 is 27.5 Å². The monoisotopic (exact) mass is 400 g/mol. The average molecular weight is 400 g/mol. The highest BCUT2D eigenvalue weighted by atomic mass is 19.1. The van der Waals surface area contributed by atoms with Gasteiger partial charge in [0, 0.05) is 42.0 Å². The SMILES string of the molecule is CNc1cc(F)c(C(=O)Nc2ccc(N)c(C(=N)C(=O)C=CN)c2)c(F)c1C=N. The molecule has 0 radical (unpaired) electrons. The molecule has 0 aliphatic rings. The predicted octanol–water partition coefficient (Wildman–Crippen LogP) is 2.25. The number of anilines is 3. The second-order valence-electron chi connectivity index (χ2n) is 5.76. The number of hydrogen-bond acceptors (Lipinski definition) is 7. The molecule has 29 heavy (non-hydrogen) atoms. The first-order chi connectivity index (χ1) is 13.7. The fourth-order valence-electron chi connectivity index (χ4n) is 2.54. The van der Waals surface area contributed by atoms with E-state index in [1.54, 1.807) is 0 Å². The first-order valence-corrected chi connectivity index (χ1v) is 8.17. The number of carbonyl (C=O) groups is 2. The molecule has 8 nitrogen and oxygen atoms in total. The lowest BCUT2D eigenvalue weighted by Crippen LogP contribution is -2.19. The van der Waals surface area contributed by atoms with E-state index in [1.807, 2.05) is 0 Å². The molecule has 2 aromatic carbocycles. The summed E-state index contributed by atoms with van der Waals surface area (Å²) < 4.78 is 28.9. The summed E-state index contributed by atoms with van der Waals surface area (Å²) in [4.78, 5) is 24.3. The van der Waals surface area contributed by atoms with Gasteiger partial charge in [-0.05, 0) is 30.5 Å². The van der Waals surface area contributed by atoms with Crippen molar-refractivity contribution in [3.8, 4) is 0 Å². The van der Waals surface area contributed by atoms with E-state index in [0.29, 0.717) is 6.21 Å². The van der Waals surface area contributed by atoms with E-state index in [9.17, 15) is 18.4 Å². The van der Waals surface area contributed by atoms with Crippen LogP contribution in [0.15, 0.2) is 36.5 Å². The number of carbonyl (C=O) groups excluding carboxylic acids is 2. The van der Waals surface area contributed by atoms with Crippen LogP contribution in [0.1, 0.15) is 21.5 Å². The molecular weight excluding hydrogens is 382 g/mol. The molecule has 0 unspecified atom stereocenters. The third kappa shape index (κ3) is 4.26. The van der Waals surface area contributed by atoms with Gasteiger partial charge in [-0.1, -0.05) is 0 Å². The van der Waals surface area contributed by atoms with Crippen molar-refractivity contribution in [3.63, 3.8) is 0 Å². The number of ketones is 1. The Morgan fingerprint density at radius 1 is 1.21 bits per heavy atom.